The van der Waals surface area contributed by atoms with E-state index in [1.807, 2.05) is 24.3 Å². The van der Waals surface area contributed by atoms with Crippen LogP contribution in [-0.4, -0.2) is 37.4 Å². The van der Waals surface area contributed by atoms with Gasteiger partial charge in [0.15, 0.2) is 0 Å². The minimum absolute atomic E-state index is 0.00651. The number of hydrogen-bond donors (Lipinski definition) is 2. The van der Waals surface area contributed by atoms with Gasteiger partial charge in [0, 0.05) is 11.5 Å². The average molecular weight is 427 g/mol. The van der Waals surface area contributed by atoms with E-state index in [4.69, 9.17) is 9.47 Å². The van der Waals surface area contributed by atoms with Crippen LogP contribution in [0.3, 0.4) is 0 Å². The molecule has 6 nitrogen and oxygen atoms in total. The molecule has 0 spiro atoms. The molecule has 0 radical (unpaired) electrons. The molecule has 6 heteroatoms. The molecule has 0 aromatic heterocycles. The number of ether oxygens (including phenoxy) is 2. The van der Waals surface area contributed by atoms with Gasteiger partial charge in [0.1, 0.15) is 17.9 Å². The zero-order valence-corrected chi connectivity index (χ0v) is 17.4. The molecule has 1 amide bonds. The Morgan fingerprint density at radius 2 is 1.66 bits per heavy atom. The number of fused-ring (bicyclic) bond motifs is 3. The number of hydrogen-bond acceptors (Lipinski definition) is 4. The van der Waals surface area contributed by atoms with Crippen LogP contribution < -0.4 is 10.1 Å². The lowest BCUT2D eigenvalue weighted by Crippen LogP contribution is -2.26. The summed E-state index contributed by atoms with van der Waals surface area (Å²) in [5, 5.41) is 11.8. The number of benzene rings is 3. The van der Waals surface area contributed by atoms with Gasteiger partial charge in [0.05, 0.1) is 13.7 Å². The molecule has 32 heavy (non-hydrogen) atoms. The number of carbonyl (C=O) groups excluding carboxylic acids is 1. The quantitative estimate of drug-likeness (QED) is 0.594. The van der Waals surface area contributed by atoms with Crippen LogP contribution in [-0.2, 0) is 4.74 Å². The van der Waals surface area contributed by atoms with Gasteiger partial charge in [-0.05, 0) is 40.5 Å². The number of methoxy groups -OCH3 is 1. The monoisotopic (exact) mass is 427 g/mol. The summed E-state index contributed by atoms with van der Waals surface area (Å²) in [7, 11) is 1.41. The first-order valence-corrected chi connectivity index (χ1v) is 10.1. The Morgan fingerprint density at radius 1 is 1.00 bits per heavy atom. The van der Waals surface area contributed by atoms with Crippen LogP contribution in [0.2, 0.25) is 0 Å². The lowest BCUT2D eigenvalue weighted by molar-refractivity contribution is 0.0693. The molecule has 0 aliphatic heterocycles. The largest absolute Gasteiger partial charge is 0.496 e. The van der Waals surface area contributed by atoms with E-state index in [0.717, 1.165) is 11.1 Å². The van der Waals surface area contributed by atoms with Crippen molar-refractivity contribution in [3.8, 4) is 28.7 Å². The highest BCUT2D eigenvalue weighted by atomic mass is 16.5. The smallest absolute Gasteiger partial charge is 0.407 e. The van der Waals surface area contributed by atoms with Crippen molar-refractivity contribution in [1.29, 1.82) is 0 Å². The van der Waals surface area contributed by atoms with Crippen molar-refractivity contribution in [2.45, 2.75) is 5.92 Å². The Bertz CT molecular complexity index is 1190. The number of carbonyl (C=O) groups is 2. The van der Waals surface area contributed by atoms with Crippen molar-refractivity contribution >= 4 is 12.1 Å². The van der Waals surface area contributed by atoms with E-state index in [-0.39, 0.29) is 30.4 Å². The maximum absolute atomic E-state index is 12.2. The van der Waals surface area contributed by atoms with E-state index < -0.39 is 12.1 Å². The van der Waals surface area contributed by atoms with Gasteiger partial charge in [-0.3, -0.25) is 0 Å². The van der Waals surface area contributed by atoms with Gasteiger partial charge in [-0.2, -0.15) is 0 Å². The molecular formula is C26H21NO5. The summed E-state index contributed by atoms with van der Waals surface area (Å²) in [5.74, 6) is 4.79. The van der Waals surface area contributed by atoms with Gasteiger partial charge in [0.25, 0.3) is 0 Å². The van der Waals surface area contributed by atoms with Crippen LogP contribution in [0.4, 0.5) is 4.79 Å². The molecule has 0 unspecified atom stereocenters. The highest BCUT2D eigenvalue weighted by molar-refractivity contribution is 5.91. The standard InChI is InChI=1S/C26H21NO5/c1-31-24-13-12-17(15-22(24)25(28)29)7-6-14-27-26(30)32-16-23-20-10-4-2-8-18(20)19-9-3-5-11-21(19)23/h2-5,8-13,15,23H,14,16H2,1H3,(H,27,30)(H,28,29). The Balaban J connectivity index is 1.35. The molecule has 4 rings (SSSR count). The Labute approximate surface area is 185 Å². The molecule has 1 aliphatic carbocycles. The molecule has 3 aromatic carbocycles. The lowest BCUT2D eigenvalue weighted by atomic mass is 9.98. The second-order valence-corrected chi connectivity index (χ2v) is 7.20. The van der Waals surface area contributed by atoms with Crippen LogP contribution in [0.5, 0.6) is 5.75 Å². The third kappa shape index (κ3) is 4.28. The summed E-state index contributed by atoms with van der Waals surface area (Å²) in [6.45, 7) is 0.304. The highest BCUT2D eigenvalue weighted by Gasteiger charge is 2.28. The molecule has 0 bridgehead atoms. The van der Waals surface area contributed by atoms with Crippen molar-refractivity contribution in [2.24, 2.45) is 0 Å². The summed E-state index contributed by atoms with van der Waals surface area (Å²) in [6.07, 6.45) is -0.554. The van der Waals surface area contributed by atoms with Gasteiger partial charge in [-0.25, -0.2) is 9.59 Å². The number of carboxylic acid groups (broad SMARTS) is 1. The molecule has 1 aliphatic rings. The number of carboxylic acids is 1. The van der Waals surface area contributed by atoms with Gasteiger partial charge in [-0.1, -0.05) is 60.4 Å². The molecule has 0 saturated carbocycles. The van der Waals surface area contributed by atoms with Gasteiger partial charge < -0.3 is 19.9 Å². The van der Waals surface area contributed by atoms with Gasteiger partial charge in [0.2, 0.25) is 0 Å². The predicted octanol–water partition coefficient (Wildman–Crippen LogP) is 4.28. The molecule has 2 N–H and O–H groups in total. The van der Waals surface area contributed by atoms with E-state index in [1.165, 1.54) is 24.3 Å². The normalized spacial score (nSPS) is 11.5. The fourth-order valence-corrected chi connectivity index (χ4v) is 3.86. The molecule has 160 valence electrons. The fourth-order valence-electron chi connectivity index (χ4n) is 3.86. The zero-order valence-electron chi connectivity index (χ0n) is 17.4. The molecule has 3 aromatic rings. The first-order chi connectivity index (χ1) is 15.6. The van der Waals surface area contributed by atoms with E-state index in [1.54, 1.807) is 12.1 Å². The number of amides is 1. The molecule has 0 fully saturated rings. The second-order valence-electron chi connectivity index (χ2n) is 7.20. The van der Waals surface area contributed by atoms with Crippen molar-refractivity contribution in [1.82, 2.24) is 5.32 Å². The number of rotatable bonds is 5. The molecule has 0 saturated heterocycles. The van der Waals surface area contributed by atoms with Crippen LogP contribution in [0.1, 0.15) is 33.0 Å². The zero-order chi connectivity index (χ0) is 22.5. The van der Waals surface area contributed by atoms with E-state index >= 15 is 0 Å². The van der Waals surface area contributed by atoms with Crippen LogP contribution >= 0.6 is 0 Å². The Morgan fingerprint density at radius 3 is 2.28 bits per heavy atom. The minimum atomic E-state index is -1.10. The maximum atomic E-state index is 12.2. The first kappa shape index (κ1) is 21.0. The van der Waals surface area contributed by atoms with Crippen LogP contribution in [0.25, 0.3) is 11.1 Å². The molecular weight excluding hydrogens is 406 g/mol. The van der Waals surface area contributed by atoms with Crippen molar-refractivity contribution in [3.63, 3.8) is 0 Å². The molecule has 0 heterocycles. The lowest BCUT2D eigenvalue weighted by Gasteiger charge is -2.14. The van der Waals surface area contributed by atoms with Crippen LogP contribution in [0, 0.1) is 11.8 Å². The topological polar surface area (TPSA) is 84.9 Å². The summed E-state index contributed by atoms with van der Waals surface area (Å²) < 4.78 is 10.5. The third-order valence-electron chi connectivity index (χ3n) is 5.33. The summed E-state index contributed by atoms with van der Waals surface area (Å²) >= 11 is 0. The van der Waals surface area contributed by atoms with Gasteiger partial charge in [-0.15, -0.1) is 0 Å². The van der Waals surface area contributed by atoms with E-state index in [0.29, 0.717) is 5.56 Å². The molecule has 0 atom stereocenters. The fraction of sp³-hybridized carbons (Fsp3) is 0.154. The van der Waals surface area contributed by atoms with E-state index in [2.05, 4.69) is 41.4 Å². The van der Waals surface area contributed by atoms with Crippen LogP contribution in [0.15, 0.2) is 66.7 Å². The third-order valence-corrected chi connectivity index (χ3v) is 5.33. The second kappa shape index (κ2) is 9.27. The highest BCUT2D eigenvalue weighted by Crippen LogP contribution is 2.44. The Hall–Kier alpha value is -4.24. The van der Waals surface area contributed by atoms with Crippen molar-refractivity contribution in [3.05, 3.63) is 89.0 Å². The minimum Gasteiger partial charge on any atom is -0.496 e. The average Bonchev–Trinajstić information content (AvgIpc) is 3.14. The SMILES string of the molecule is COc1ccc(C#CCNC(=O)OCC2c3ccccc3-c3ccccc32)cc1C(=O)O. The number of aromatic carboxylic acids is 1. The summed E-state index contributed by atoms with van der Waals surface area (Å²) in [6, 6.07) is 20.9. The summed E-state index contributed by atoms with van der Waals surface area (Å²) in [5.41, 5.74) is 5.18. The van der Waals surface area contributed by atoms with Crippen molar-refractivity contribution < 1.29 is 24.2 Å². The number of alkyl carbamates (subject to hydrolysis) is 1. The first-order valence-electron chi connectivity index (χ1n) is 10.1. The number of nitrogens with one attached hydrogen (secondary N) is 1. The van der Waals surface area contributed by atoms with Gasteiger partial charge >= 0.3 is 12.1 Å². The summed E-state index contributed by atoms with van der Waals surface area (Å²) in [4.78, 5) is 23.5. The van der Waals surface area contributed by atoms with E-state index in [9.17, 15) is 14.7 Å². The predicted molar refractivity (Wildman–Crippen MR) is 120 cm³/mol. The maximum Gasteiger partial charge on any atom is 0.407 e. The Kier molecular flexibility index (Phi) is 6.09. The van der Waals surface area contributed by atoms with Crippen molar-refractivity contribution in [2.75, 3.05) is 20.3 Å².